The Labute approximate surface area is 101 Å². The lowest BCUT2D eigenvalue weighted by Crippen LogP contribution is -2.17. The van der Waals surface area contributed by atoms with Crippen molar-refractivity contribution in [1.82, 2.24) is 0 Å². The van der Waals surface area contributed by atoms with Crippen LogP contribution in [0.2, 0.25) is 0 Å². The minimum atomic E-state index is 0. The van der Waals surface area contributed by atoms with Crippen LogP contribution in [-0.2, 0) is 0 Å². The van der Waals surface area contributed by atoms with E-state index in [1.807, 2.05) is 0 Å². The lowest BCUT2D eigenvalue weighted by atomic mass is 10.0. The maximum atomic E-state index is 5.84. The van der Waals surface area contributed by atoms with Crippen molar-refractivity contribution in [1.29, 1.82) is 0 Å². The molecule has 14 heavy (non-hydrogen) atoms. The smallest absolute Gasteiger partial charge is 0.00362 e. The van der Waals surface area contributed by atoms with Crippen molar-refractivity contribution in [3.63, 3.8) is 0 Å². The second-order valence-electron chi connectivity index (χ2n) is 4.08. The highest BCUT2D eigenvalue weighted by atomic mass is 79.9. The topological polar surface area (TPSA) is 26.0 Å². The Kier molecular flexibility index (Phi) is 16.2. The molecule has 0 aliphatic heterocycles. The molecule has 0 rings (SSSR count). The maximum absolute atomic E-state index is 5.84. The number of rotatable bonds is 9. The molecule has 0 aromatic heterocycles. The molecule has 1 unspecified atom stereocenters. The average molecular weight is 266 g/mol. The fourth-order valence-corrected chi connectivity index (χ4v) is 1.57. The van der Waals surface area contributed by atoms with Crippen LogP contribution in [0.25, 0.3) is 0 Å². The van der Waals surface area contributed by atoms with Crippen molar-refractivity contribution in [2.24, 2.45) is 5.73 Å². The summed E-state index contributed by atoms with van der Waals surface area (Å²) < 4.78 is 0. The molecular formula is C12H28BrN. The van der Waals surface area contributed by atoms with E-state index in [1.54, 1.807) is 0 Å². The van der Waals surface area contributed by atoms with Crippen LogP contribution in [0.3, 0.4) is 0 Å². The fourth-order valence-electron chi connectivity index (χ4n) is 1.57. The molecule has 0 aliphatic rings. The average Bonchev–Trinajstić information content (AvgIpc) is 2.16. The second kappa shape index (κ2) is 13.4. The van der Waals surface area contributed by atoms with Crippen LogP contribution in [0.4, 0.5) is 0 Å². The predicted molar refractivity (Wildman–Crippen MR) is 71.2 cm³/mol. The van der Waals surface area contributed by atoms with Gasteiger partial charge in [0, 0.05) is 6.04 Å². The van der Waals surface area contributed by atoms with Crippen molar-refractivity contribution in [3.05, 3.63) is 0 Å². The standard InChI is InChI=1S/C12H27N.BrH/c1-3-5-6-7-8-9-10-11-12(13)4-2;/h12H,3-11,13H2,1-2H3;1H. The van der Waals surface area contributed by atoms with Gasteiger partial charge in [-0.3, -0.25) is 0 Å². The molecule has 0 amide bonds. The first-order valence-electron chi connectivity index (χ1n) is 6.06. The van der Waals surface area contributed by atoms with Gasteiger partial charge in [-0.25, -0.2) is 0 Å². The molecule has 0 heterocycles. The van der Waals surface area contributed by atoms with Gasteiger partial charge in [-0.2, -0.15) is 0 Å². The van der Waals surface area contributed by atoms with E-state index in [2.05, 4.69) is 13.8 Å². The lowest BCUT2D eigenvalue weighted by Gasteiger charge is -2.07. The summed E-state index contributed by atoms with van der Waals surface area (Å²) >= 11 is 0. The molecule has 2 N–H and O–H groups in total. The summed E-state index contributed by atoms with van der Waals surface area (Å²) in [6.45, 7) is 4.44. The largest absolute Gasteiger partial charge is 0.328 e. The first kappa shape index (κ1) is 16.9. The quantitative estimate of drug-likeness (QED) is 0.613. The normalized spacial score (nSPS) is 12.2. The van der Waals surface area contributed by atoms with E-state index >= 15 is 0 Å². The molecule has 0 aromatic rings. The fraction of sp³-hybridized carbons (Fsp3) is 1.00. The zero-order valence-electron chi connectivity index (χ0n) is 9.93. The minimum absolute atomic E-state index is 0. The summed E-state index contributed by atoms with van der Waals surface area (Å²) in [7, 11) is 0. The second-order valence-corrected chi connectivity index (χ2v) is 4.08. The molecule has 0 radical (unpaired) electrons. The molecule has 0 aliphatic carbocycles. The van der Waals surface area contributed by atoms with Gasteiger partial charge >= 0.3 is 0 Å². The maximum Gasteiger partial charge on any atom is 0.00362 e. The number of hydrogen-bond donors (Lipinski definition) is 1. The lowest BCUT2D eigenvalue weighted by molar-refractivity contribution is 0.522. The van der Waals surface area contributed by atoms with E-state index in [-0.39, 0.29) is 17.0 Å². The molecule has 0 spiro atoms. The first-order chi connectivity index (χ1) is 6.31. The summed E-state index contributed by atoms with van der Waals surface area (Å²) in [6.07, 6.45) is 12.1. The van der Waals surface area contributed by atoms with Crippen molar-refractivity contribution < 1.29 is 0 Å². The minimum Gasteiger partial charge on any atom is -0.328 e. The van der Waals surface area contributed by atoms with E-state index in [9.17, 15) is 0 Å². The van der Waals surface area contributed by atoms with Gasteiger partial charge in [-0.1, -0.05) is 58.8 Å². The van der Waals surface area contributed by atoms with E-state index in [0.717, 1.165) is 6.42 Å². The van der Waals surface area contributed by atoms with Crippen LogP contribution in [0.1, 0.15) is 71.6 Å². The molecule has 0 saturated carbocycles. The summed E-state index contributed by atoms with van der Waals surface area (Å²) in [5.41, 5.74) is 5.84. The molecule has 0 aromatic carbocycles. The van der Waals surface area contributed by atoms with Gasteiger partial charge in [0.15, 0.2) is 0 Å². The van der Waals surface area contributed by atoms with Crippen molar-refractivity contribution in [3.8, 4) is 0 Å². The monoisotopic (exact) mass is 265 g/mol. The highest BCUT2D eigenvalue weighted by Gasteiger charge is 1.97. The van der Waals surface area contributed by atoms with Crippen molar-refractivity contribution in [2.75, 3.05) is 0 Å². The third kappa shape index (κ3) is 12.4. The molecule has 0 saturated heterocycles. The Bertz CT molecular complexity index is 96.3. The van der Waals surface area contributed by atoms with Crippen LogP contribution >= 0.6 is 17.0 Å². The van der Waals surface area contributed by atoms with E-state index in [1.165, 1.54) is 51.4 Å². The summed E-state index contributed by atoms with van der Waals surface area (Å²) in [5.74, 6) is 0. The molecule has 88 valence electrons. The summed E-state index contributed by atoms with van der Waals surface area (Å²) in [6, 6.07) is 0.454. The number of halogens is 1. The molecule has 1 nitrogen and oxygen atoms in total. The van der Waals surface area contributed by atoms with Crippen LogP contribution in [0.15, 0.2) is 0 Å². The number of nitrogens with two attached hydrogens (primary N) is 1. The first-order valence-corrected chi connectivity index (χ1v) is 6.06. The summed E-state index contributed by atoms with van der Waals surface area (Å²) in [4.78, 5) is 0. The number of hydrogen-bond acceptors (Lipinski definition) is 1. The molecule has 1 atom stereocenters. The van der Waals surface area contributed by atoms with Crippen LogP contribution in [0, 0.1) is 0 Å². The van der Waals surface area contributed by atoms with Crippen LogP contribution in [-0.4, -0.2) is 6.04 Å². The Hall–Kier alpha value is 0.440. The van der Waals surface area contributed by atoms with Gasteiger partial charge in [-0.15, -0.1) is 17.0 Å². The Morgan fingerprint density at radius 2 is 1.36 bits per heavy atom. The van der Waals surface area contributed by atoms with Crippen LogP contribution in [0.5, 0.6) is 0 Å². The van der Waals surface area contributed by atoms with Crippen molar-refractivity contribution in [2.45, 2.75) is 77.7 Å². The molecule has 2 heteroatoms. The van der Waals surface area contributed by atoms with Gasteiger partial charge in [0.05, 0.1) is 0 Å². The zero-order chi connectivity index (χ0) is 9.94. The molecule has 0 bridgehead atoms. The molecule has 0 fully saturated rings. The highest BCUT2D eigenvalue weighted by molar-refractivity contribution is 8.93. The number of unbranched alkanes of at least 4 members (excludes halogenated alkanes) is 6. The molecular weight excluding hydrogens is 238 g/mol. The van der Waals surface area contributed by atoms with E-state index < -0.39 is 0 Å². The Morgan fingerprint density at radius 3 is 1.86 bits per heavy atom. The predicted octanol–water partition coefficient (Wildman–Crippen LogP) is 4.44. The van der Waals surface area contributed by atoms with Gasteiger partial charge in [0.25, 0.3) is 0 Å². The Balaban J connectivity index is 0. The van der Waals surface area contributed by atoms with Gasteiger partial charge in [0.2, 0.25) is 0 Å². The van der Waals surface area contributed by atoms with E-state index in [4.69, 9.17) is 5.73 Å². The van der Waals surface area contributed by atoms with E-state index in [0.29, 0.717) is 6.04 Å². The third-order valence-corrected chi connectivity index (χ3v) is 2.70. The van der Waals surface area contributed by atoms with Crippen molar-refractivity contribution >= 4 is 17.0 Å². The zero-order valence-corrected chi connectivity index (χ0v) is 11.6. The van der Waals surface area contributed by atoms with Gasteiger partial charge in [0.1, 0.15) is 0 Å². The van der Waals surface area contributed by atoms with Gasteiger partial charge in [-0.05, 0) is 12.8 Å². The van der Waals surface area contributed by atoms with Gasteiger partial charge < -0.3 is 5.73 Å². The summed E-state index contributed by atoms with van der Waals surface area (Å²) in [5, 5.41) is 0. The van der Waals surface area contributed by atoms with Crippen LogP contribution < -0.4 is 5.73 Å². The Morgan fingerprint density at radius 1 is 0.857 bits per heavy atom. The highest BCUT2D eigenvalue weighted by Crippen LogP contribution is 2.09. The third-order valence-electron chi connectivity index (χ3n) is 2.70. The SMILES string of the molecule is Br.CCCCCCCCCC(N)CC.